The average molecular weight is 1540 g/mol. The van der Waals surface area contributed by atoms with Gasteiger partial charge in [0, 0.05) is 108 Å². The second kappa shape index (κ2) is 40.5. The van der Waals surface area contributed by atoms with Crippen LogP contribution >= 0.6 is 0 Å². The Bertz CT molecular complexity index is 3930. The molecule has 0 saturated heterocycles. The van der Waals surface area contributed by atoms with Gasteiger partial charge in [0.25, 0.3) is 11.8 Å². The molecule has 11 unspecified atom stereocenters. The maximum atomic E-state index is 12.5. The van der Waals surface area contributed by atoms with Crippen molar-refractivity contribution < 1.29 is 71.5 Å². The lowest BCUT2D eigenvalue weighted by atomic mass is 9.99. The molecule has 0 bridgehead atoms. The van der Waals surface area contributed by atoms with Crippen molar-refractivity contribution in [1.29, 1.82) is 0 Å². The van der Waals surface area contributed by atoms with Gasteiger partial charge in [-0.2, -0.15) is 15.3 Å². The lowest BCUT2D eigenvalue weighted by Gasteiger charge is -2.08. The van der Waals surface area contributed by atoms with Crippen LogP contribution in [0.1, 0.15) is 176 Å². The maximum absolute atomic E-state index is 12.5. The molecule has 6 aromatic rings. The quantitative estimate of drug-likeness (QED) is 0.00945. The molecular formula is C87H114N10O15. The molecule has 4 saturated carbocycles. The maximum Gasteiger partial charge on any atom is 0.407 e. The Hall–Kier alpha value is -9.22. The normalized spacial score (nSPS) is 23.2. The third-order valence-corrected chi connectivity index (χ3v) is 24.2. The molecule has 602 valence electrons. The van der Waals surface area contributed by atoms with Gasteiger partial charge in [0.2, 0.25) is 0 Å². The Balaban J connectivity index is 0.000000212. The van der Waals surface area contributed by atoms with Crippen molar-refractivity contribution in [1.82, 2.24) is 50.6 Å². The SMILES string of the molecule is C.CCC(=O)c1ccc(-n2cc3c(n2)CCC2C(CC3)C2COC(=O)NCCOCCOCCCC(=O)OCC2C3CCc4cn(-c5ccc(C(=O)NC)cc5)nc4CCC32)cc1.CNC(=O)c1ccc(-n2cc3c(n2)CCC2C(CC3)C2COC(=O)CCCOCCOCCNC(=O)OCC2C3CCC#CCCC32)cc1. The Labute approximate surface area is 658 Å². The number of amides is 4. The van der Waals surface area contributed by atoms with E-state index in [0.29, 0.717) is 207 Å². The van der Waals surface area contributed by atoms with Crippen LogP contribution < -0.4 is 21.3 Å². The van der Waals surface area contributed by atoms with Gasteiger partial charge < -0.3 is 59.2 Å². The molecule has 8 aliphatic rings. The monoisotopic (exact) mass is 1540 g/mol. The predicted molar refractivity (Wildman–Crippen MR) is 419 cm³/mol. The highest BCUT2D eigenvalue weighted by molar-refractivity contribution is 5.96. The molecule has 0 aliphatic heterocycles. The first-order chi connectivity index (χ1) is 54.3. The van der Waals surface area contributed by atoms with Crippen LogP contribution in [0.4, 0.5) is 9.59 Å². The highest BCUT2D eigenvalue weighted by Crippen LogP contribution is 2.56. The Kier molecular flexibility index (Phi) is 29.7. The number of aromatic nitrogens is 6. The van der Waals surface area contributed by atoms with Gasteiger partial charge in [0.1, 0.15) is 0 Å². The molecular weight excluding hydrogens is 1430 g/mol. The highest BCUT2D eigenvalue weighted by atomic mass is 16.6. The fraction of sp³-hybridized carbons (Fsp3) is 0.586. The van der Waals surface area contributed by atoms with Gasteiger partial charge in [0.15, 0.2) is 5.78 Å². The van der Waals surface area contributed by atoms with E-state index >= 15 is 0 Å². The molecule has 8 aliphatic carbocycles. The minimum atomic E-state index is -0.416. The van der Waals surface area contributed by atoms with Gasteiger partial charge in [-0.25, -0.2) is 23.6 Å². The number of benzene rings is 3. The summed E-state index contributed by atoms with van der Waals surface area (Å²) in [5.74, 6) is 12.5. The van der Waals surface area contributed by atoms with Crippen molar-refractivity contribution in [2.24, 2.45) is 71.0 Å². The topological polar surface area (TPSA) is 295 Å². The van der Waals surface area contributed by atoms with Gasteiger partial charge >= 0.3 is 24.1 Å². The van der Waals surface area contributed by atoms with Crippen LogP contribution in [0.5, 0.6) is 0 Å². The van der Waals surface area contributed by atoms with Crippen LogP contribution in [0.3, 0.4) is 0 Å². The van der Waals surface area contributed by atoms with E-state index in [1.807, 2.05) is 93.8 Å². The van der Waals surface area contributed by atoms with E-state index in [-0.39, 0.29) is 43.1 Å². The summed E-state index contributed by atoms with van der Waals surface area (Å²) in [5.41, 5.74) is 12.1. The van der Waals surface area contributed by atoms with Crippen molar-refractivity contribution in [3.63, 3.8) is 0 Å². The van der Waals surface area contributed by atoms with E-state index in [2.05, 4.69) is 51.7 Å². The third kappa shape index (κ3) is 22.4. The summed E-state index contributed by atoms with van der Waals surface area (Å²) < 4.78 is 50.5. The minimum Gasteiger partial charge on any atom is -0.465 e. The molecule has 14 rings (SSSR count). The summed E-state index contributed by atoms with van der Waals surface area (Å²) in [6.07, 6.45) is 24.1. The Morgan fingerprint density at radius 1 is 0.402 bits per heavy atom. The van der Waals surface area contributed by atoms with E-state index in [1.165, 1.54) is 16.7 Å². The van der Waals surface area contributed by atoms with E-state index < -0.39 is 6.09 Å². The van der Waals surface area contributed by atoms with Gasteiger partial charge in [-0.15, -0.1) is 11.8 Å². The number of nitrogens with zero attached hydrogens (tertiary/aromatic N) is 6. The number of esters is 2. The number of carbonyl (C=O) groups is 7. The fourth-order valence-corrected chi connectivity index (χ4v) is 17.6. The molecule has 4 N–H and O–H groups in total. The van der Waals surface area contributed by atoms with Crippen LogP contribution in [-0.4, -0.2) is 178 Å². The first-order valence-corrected chi connectivity index (χ1v) is 40.7. The van der Waals surface area contributed by atoms with Crippen molar-refractivity contribution >= 4 is 41.7 Å². The molecule has 25 heteroatoms. The number of hydrogen-bond acceptors (Lipinski definition) is 18. The fourth-order valence-electron chi connectivity index (χ4n) is 17.6. The van der Waals surface area contributed by atoms with Crippen LogP contribution in [0.15, 0.2) is 91.4 Å². The third-order valence-electron chi connectivity index (χ3n) is 24.2. The zero-order chi connectivity index (χ0) is 77.0. The van der Waals surface area contributed by atoms with E-state index in [9.17, 15) is 33.6 Å². The van der Waals surface area contributed by atoms with Gasteiger partial charge in [-0.05, 0) is 263 Å². The van der Waals surface area contributed by atoms with Crippen molar-refractivity contribution in [3.05, 3.63) is 142 Å². The van der Waals surface area contributed by atoms with E-state index in [1.54, 1.807) is 14.1 Å². The second-order valence-corrected chi connectivity index (χ2v) is 30.9. The molecule has 25 nitrogen and oxygen atoms in total. The summed E-state index contributed by atoms with van der Waals surface area (Å²) in [4.78, 5) is 84.9. The molecule has 3 aromatic carbocycles. The number of hydrogen-bond donors (Lipinski definition) is 4. The standard InChI is InChI=1S/C48H60N6O8.C38H50N4O7.CH4/c1-3-45(55)31-6-12-35(13-7-31)53-27-34-11-17-38-40(19-21-44(34)51-53)42(38)30-62-48(58)50-22-24-60-26-25-59-23-4-5-46(56)61-29-41-37-16-10-33-28-54(52-43(33)20-18-39(37)41)36-14-8-32(9-15-36)47(57)49-2;1-39-37(44)26-10-13-28(14-11-26)42-23-27-12-15-31-32(16-17-35(27)41-42)33(31)24-48-36(43)9-6-19-46-21-22-47-20-18-40-38(45)49-25-34-29-7-4-2-3-5-8-30(29)34;/h6-9,12-15,27-28,37-42H,3-5,10-11,16-26,29-30H2,1-2H3,(H,49,57)(H,50,58);10-11,13-14,23,29-34H,4-9,12,15-22,24-25H2,1H3,(H,39,44)(H,40,45);1H4. The number of ketones is 1. The molecule has 112 heavy (non-hydrogen) atoms. The van der Waals surface area contributed by atoms with E-state index in [0.717, 1.165) is 142 Å². The summed E-state index contributed by atoms with van der Waals surface area (Å²) in [6.45, 7) is 7.86. The first kappa shape index (κ1) is 82.2. The molecule has 4 fully saturated rings. The van der Waals surface area contributed by atoms with Crippen molar-refractivity contribution in [2.45, 2.75) is 149 Å². The lowest BCUT2D eigenvalue weighted by molar-refractivity contribution is -0.145. The number of Topliss-reactive ketones (excluding diaryl/α,β-unsaturated/α-hetero) is 1. The Morgan fingerprint density at radius 2 is 0.714 bits per heavy atom. The van der Waals surface area contributed by atoms with E-state index in [4.69, 9.17) is 53.2 Å². The molecule has 0 radical (unpaired) electrons. The van der Waals surface area contributed by atoms with Crippen molar-refractivity contribution in [3.8, 4) is 28.9 Å². The first-order valence-electron chi connectivity index (χ1n) is 40.7. The highest BCUT2D eigenvalue weighted by Gasteiger charge is 2.53. The van der Waals surface area contributed by atoms with Gasteiger partial charge in [-0.3, -0.25) is 24.0 Å². The predicted octanol–water partition coefficient (Wildman–Crippen LogP) is 11.4. The summed E-state index contributed by atoms with van der Waals surface area (Å²) in [5, 5.41) is 25.4. The number of fused-ring (bicyclic) bond motifs is 7. The minimum absolute atomic E-state index is 0. The molecule has 0 spiro atoms. The van der Waals surface area contributed by atoms with Gasteiger partial charge in [0.05, 0.1) is 100 Å². The van der Waals surface area contributed by atoms with Crippen LogP contribution in [0.2, 0.25) is 0 Å². The van der Waals surface area contributed by atoms with Gasteiger partial charge in [-0.1, -0.05) is 14.4 Å². The van der Waals surface area contributed by atoms with Crippen LogP contribution in [-0.2, 0) is 86.0 Å². The largest absolute Gasteiger partial charge is 0.465 e. The number of nitrogens with one attached hydrogen (secondary N) is 4. The zero-order valence-corrected chi connectivity index (χ0v) is 64.6. The van der Waals surface area contributed by atoms with Crippen molar-refractivity contribution in [2.75, 3.05) is 106 Å². The summed E-state index contributed by atoms with van der Waals surface area (Å²) in [6, 6.07) is 22.6. The number of carbonyl (C=O) groups excluding carboxylic acids is 7. The summed E-state index contributed by atoms with van der Waals surface area (Å²) >= 11 is 0. The average Bonchev–Trinajstić information content (AvgIpc) is 1.64. The molecule has 3 heterocycles. The zero-order valence-electron chi connectivity index (χ0n) is 64.6. The molecule has 4 amide bonds. The number of aryl methyl sites for hydroxylation is 6. The summed E-state index contributed by atoms with van der Waals surface area (Å²) in [7, 11) is 3.25. The number of alkyl carbamates (subject to hydrolysis) is 2. The van der Waals surface area contributed by atoms with Crippen LogP contribution in [0.25, 0.3) is 17.1 Å². The smallest absolute Gasteiger partial charge is 0.407 e. The van der Waals surface area contributed by atoms with Crippen LogP contribution in [0, 0.1) is 82.9 Å². The number of ether oxygens (including phenoxy) is 8. The Morgan fingerprint density at radius 3 is 1.05 bits per heavy atom. The molecule has 3 aromatic heterocycles. The number of rotatable bonds is 35. The lowest BCUT2D eigenvalue weighted by Crippen LogP contribution is -2.29. The second-order valence-electron chi connectivity index (χ2n) is 30.9. The molecule has 11 atom stereocenters.